The topological polar surface area (TPSA) is 39.9 Å². The molecule has 2 aromatic heterocycles. The van der Waals surface area contributed by atoms with Gasteiger partial charge in [0.2, 0.25) is 0 Å². The second-order valence-electron chi connectivity index (χ2n) is 7.03. The first-order chi connectivity index (χ1) is 12.1. The zero-order valence-electron chi connectivity index (χ0n) is 16.2. The summed E-state index contributed by atoms with van der Waals surface area (Å²) < 4.78 is 46.9. The van der Waals surface area contributed by atoms with Crippen LogP contribution in [0.2, 0.25) is 0 Å². The molecule has 0 bridgehead atoms. The molecule has 0 aliphatic rings. The fourth-order valence-electron chi connectivity index (χ4n) is 2.97. The quantitative estimate of drug-likeness (QED) is 0.731. The number of alkyl halides is 3. The number of halogens is 3. The Morgan fingerprint density at radius 2 is 1.81 bits per heavy atom. The predicted octanol–water partition coefficient (Wildman–Crippen LogP) is 4.84. The number of aryl methyl sites for hydroxylation is 2. The van der Waals surface area contributed by atoms with Crippen molar-refractivity contribution < 1.29 is 17.9 Å². The monoisotopic (exact) mass is 369 g/mol. The third-order valence-corrected chi connectivity index (χ3v) is 4.66. The van der Waals surface area contributed by atoms with E-state index in [4.69, 9.17) is 4.74 Å². The van der Waals surface area contributed by atoms with Crippen LogP contribution in [0, 0.1) is 12.3 Å². The summed E-state index contributed by atoms with van der Waals surface area (Å²) in [6, 6.07) is 1.64. The highest BCUT2D eigenvalue weighted by molar-refractivity contribution is 5.45. The molecule has 0 spiro atoms. The molecule has 26 heavy (non-hydrogen) atoms. The van der Waals surface area contributed by atoms with Gasteiger partial charge in [0.1, 0.15) is 5.82 Å². The zero-order valence-corrected chi connectivity index (χ0v) is 16.2. The lowest BCUT2D eigenvalue weighted by Gasteiger charge is -2.27. The summed E-state index contributed by atoms with van der Waals surface area (Å²) in [5.74, 6) is 1.86. The van der Waals surface area contributed by atoms with Crippen LogP contribution >= 0.6 is 0 Å². The standard InChI is InChI=1S/C19H26F3N3O/c1-7-14-12(3)25(16(8-2)24-14)17-15(26-6)9-13(11-23-17)10-18(4,5)19(20,21)22/h9,11H,7-8,10H2,1-6H3. The summed E-state index contributed by atoms with van der Waals surface area (Å²) in [5.41, 5.74) is 0.599. The highest BCUT2D eigenvalue weighted by Gasteiger charge is 2.47. The van der Waals surface area contributed by atoms with E-state index in [2.05, 4.69) is 9.97 Å². The maximum absolute atomic E-state index is 13.2. The molecular weight excluding hydrogens is 343 g/mol. The number of hydrogen-bond acceptors (Lipinski definition) is 3. The minimum atomic E-state index is -4.29. The average molecular weight is 369 g/mol. The Hall–Kier alpha value is -2.05. The van der Waals surface area contributed by atoms with Crippen molar-refractivity contribution in [1.29, 1.82) is 0 Å². The summed E-state index contributed by atoms with van der Waals surface area (Å²) in [6.07, 6.45) is -1.44. The van der Waals surface area contributed by atoms with Crippen molar-refractivity contribution in [3.05, 3.63) is 35.0 Å². The first-order valence-electron chi connectivity index (χ1n) is 8.72. The molecule has 0 amide bonds. The Morgan fingerprint density at radius 1 is 1.15 bits per heavy atom. The van der Waals surface area contributed by atoms with Gasteiger partial charge in [-0.25, -0.2) is 9.97 Å². The highest BCUT2D eigenvalue weighted by Crippen LogP contribution is 2.40. The van der Waals surface area contributed by atoms with Gasteiger partial charge >= 0.3 is 6.18 Å². The fraction of sp³-hybridized carbons (Fsp3) is 0.579. The van der Waals surface area contributed by atoms with E-state index in [9.17, 15) is 13.2 Å². The Kier molecular flexibility index (Phi) is 5.68. The Labute approximate surface area is 152 Å². The van der Waals surface area contributed by atoms with Gasteiger partial charge in [-0.2, -0.15) is 13.2 Å². The molecule has 0 aromatic carbocycles. The van der Waals surface area contributed by atoms with Crippen molar-refractivity contribution in [2.24, 2.45) is 5.41 Å². The largest absolute Gasteiger partial charge is 0.493 e. The van der Waals surface area contributed by atoms with Gasteiger partial charge in [-0.15, -0.1) is 0 Å². The van der Waals surface area contributed by atoms with Gasteiger partial charge in [-0.05, 0) is 31.4 Å². The number of imidazole rings is 1. The fourth-order valence-corrected chi connectivity index (χ4v) is 2.97. The van der Waals surface area contributed by atoms with Crippen LogP contribution < -0.4 is 4.74 Å². The number of aromatic nitrogens is 3. The van der Waals surface area contributed by atoms with Crippen LogP contribution in [0.1, 0.15) is 50.5 Å². The van der Waals surface area contributed by atoms with Gasteiger partial charge < -0.3 is 4.74 Å². The summed E-state index contributed by atoms with van der Waals surface area (Å²) in [5, 5.41) is 0. The Bertz CT molecular complexity index is 779. The number of ether oxygens (including phenoxy) is 1. The summed E-state index contributed by atoms with van der Waals surface area (Å²) in [7, 11) is 1.50. The van der Waals surface area contributed by atoms with Crippen LogP contribution in [0.5, 0.6) is 5.75 Å². The van der Waals surface area contributed by atoms with Crippen molar-refractivity contribution >= 4 is 0 Å². The van der Waals surface area contributed by atoms with Crippen LogP contribution in [0.3, 0.4) is 0 Å². The summed E-state index contributed by atoms with van der Waals surface area (Å²) in [6.45, 7) is 8.38. The molecule has 2 heterocycles. The first-order valence-corrected chi connectivity index (χ1v) is 8.72. The third kappa shape index (κ3) is 3.71. The molecule has 144 valence electrons. The maximum atomic E-state index is 13.2. The van der Waals surface area contributed by atoms with Crippen molar-refractivity contribution in [3.63, 3.8) is 0 Å². The number of rotatable bonds is 6. The zero-order chi connectivity index (χ0) is 19.7. The molecule has 0 saturated heterocycles. The van der Waals surface area contributed by atoms with Crippen LogP contribution in [-0.4, -0.2) is 27.8 Å². The number of methoxy groups -OCH3 is 1. The molecule has 0 saturated carbocycles. The van der Waals surface area contributed by atoms with Crippen molar-refractivity contribution in [2.75, 3.05) is 7.11 Å². The van der Waals surface area contributed by atoms with Gasteiger partial charge in [0.05, 0.1) is 18.2 Å². The van der Waals surface area contributed by atoms with Crippen LogP contribution in [-0.2, 0) is 19.3 Å². The smallest absolute Gasteiger partial charge is 0.394 e. The molecule has 0 aliphatic carbocycles. The van der Waals surface area contributed by atoms with E-state index in [1.54, 1.807) is 6.07 Å². The minimum absolute atomic E-state index is 0.163. The lowest BCUT2D eigenvalue weighted by molar-refractivity contribution is -0.211. The number of pyridine rings is 1. The van der Waals surface area contributed by atoms with Crippen LogP contribution in [0.15, 0.2) is 12.3 Å². The Balaban J connectivity index is 2.50. The average Bonchev–Trinajstić information content (AvgIpc) is 2.89. The predicted molar refractivity (Wildman–Crippen MR) is 94.9 cm³/mol. The van der Waals surface area contributed by atoms with E-state index in [-0.39, 0.29) is 6.42 Å². The molecule has 2 aromatic rings. The van der Waals surface area contributed by atoms with Crippen molar-refractivity contribution in [2.45, 2.75) is 60.1 Å². The molecule has 2 rings (SSSR count). The van der Waals surface area contributed by atoms with Crippen LogP contribution in [0.25, 0.3) is 5.82 Å². The first kappa shape index (κ1) is 20.3. The van der Waals surface area contributed by atoms with E-state index in [1.807, 2.05) is 25.3 Å². The normalized spacial score (nSPS) is 12.5. The van der Waals surface area contributed by atoms with E-state index in [1.165, 1.54) is 27.2 Å². The van der Waals surface area contributed by atoms with Gasteiger partial charge in [0.25, 0.3) is 0 Å². The van der Waals surface area contributed by atoms with Gasteiger partial charge in [-0.3, -0.25) is 4.57 Å². The SMILES string of the molecule is CCc1nc(CC)n(-c2ncc(CC(C)(C)C(F)(F)F)cc2OC)c1C. The van der Waals surface area contributed by atoms with Crippen molar-refractivity contribution in [1.82, 2.24) is 14.5 Å². The lowest BCUT2D eigenvalue weighted by Crippen LogP contribution is -2.34. The van der Waals surface area contributed by atoms with Crippen LogP contribution in [0.4, 0.5) is 13.2 Å². The third-order valence-electron chi connectivity index (χ3n) is 4.66. The van der Waals surface area contributed by atoms with E-state index in [0.29, 0.717) is 23.6 Å². The molecule has 0 radical (unpaired) electrons. The van der Waals surface area contributed by atoms with Crippen molar-refractivity contribution in [3.8, 4) is 11.6 Å². The van der Waals surface area contributed by atoms with E-state index >= 15 is 0 Å². The second-order valence-corrected chi connectivity index (χ2v) is 7.03. The van der Waals surface area contributed by atoms with Gasteiger partial charge in [-0.1, -0.05) is 27.7 Å². The number of hydrogen-bond donors (Lipinski definition) is 0. The minimum Gasteiger partial charge on any atom is -0.493 e. The molecule has 0 atom stereocenters. The maximum Gasteiger partial charge on any atom is 0.394 e. The molecule has 0 N–H and O–H groups in total. The molecule has 0 fully saturated rings. The molecule has 4 nitrogen and oxygen atoms in total. The molecular formula is C19H26F3N3O. The number of nitrogens with zero attached hydrogens (tertiary/aromatic N) is 3. The Morgan fingerprint density at radius 3 is 2.31 bits per heavy atom. The summed E-state index contributed by atoms with van der Waals surface area (Å²) >= 11 is 0. The molecule has 0 unspecified atom stereocenters. The molecule has 7 heteroatoms. The van der Waals surface area contributed by atoms with Gasteiger partial charge in [0.15, 0.2) is 11.6 Å². The highest BCUT2D eigenvalue weighted by atomic mass is 19.4. The van der Waals surface area contributed by atoms with Gasteiger partial charge in [0, 0.05) is 18.3 Å². The van der Waals surface area contributed by atoms with E-state index < -0.39 is 11.6 Å². The second kappa shape index (κ2) is 7.29. The van der Waals surface area contributed by atoms with E-state index in [0.717, 1.165) is 23.6 Å². The summed E-state index contributed by atoms with van der Waals surface area (Å²) in [4.78, 5) is 9.06. The lowest BCUT2D eigenvalue weighted by atomic mass is 9.85. The molecule has 0 aliphatic heterocycles.